The van der Waals surface area contributed by atoms with Gasteiger partial charge in [0.25, 0.3) is 0 Å². The van der Waals surface area contributed by atoms with Crippen molar-refractivity contribution < 1.29 is 29.0 Å². The molecule has 0 saturated heterocycles. The molecule has 242 valence electrons. The molecule has 0 unspecified atom stereocenters. The molecule has 46 heavy (non-hydrogen) atoms. The molecule has 0 aliphatic carbocycles. The molecule has 0 fully saturated rings. The summed E-state index contributed by atoms with van der Waals surface area (Å²) in [5.41, 5.74) is 4.15. The maximum Gasteiger partial charge on any atom is 0.306 e. The maximum absolute atomic E-state index is 13.6. The molecule has 0 bridgehead atoms. The van der Waals surface area contributed by atoms with Crippen molar-refractivity contribution in [2.45, 2.75) is 63.8 Å². The van der Waals surface area contributed by atoms with Gasteiger partial charge < -0.3 is 24.8 Å². The highest BCUT2D eigenvalue weighted by molar-refractivity contribution is 5.86. The minimum Gasteiger partial charge on any atom is -0.489 e. The molecule has 0 spiro atoms. The van der Waals surface area contributed by atoms with Gasteiger partial charge in [-0.25, -0.2) is 0 Å². The lowest BCUT2D eigenvalue weighted by Gasteiger charge is -2.36. The summed E-state index contributed by atoms with van der Waals surface area (Å²) < 4.78 is 11.4. The smallest absolute Gasteiger partial charge is 0.306 e. The van der Waals surface area contributed by atoms with Gasteiger partial charge in [0.15, 0.2) is 0 Å². The predicted molar refractivity (Wildman–Crippen MR) is 178 cm³/mol. The van der Waals surface area contributed by atoms with Crippen LogP contribution in [0.15, 0.2) is 104 Å². The molecule has 0 saturated carbocycles. The van der Waals surface area contributed by atoms with Crippen molar-refractivity contribution in [3.63, 3.8) is 0 Å². The number of hydrogen-bond acceptors (Lipinski definition) is 6. The van der Waals surface area contributed by atoms with Crippen molar-refractivity contribution in [1.29, 1.82) is 0 Å². The molecular formula is C38H44N2O6. The summed E-state index contributed by atoms with van der Waals surface area (Å²) in [6, 6.07) is 24.5. The van der Waals surface area contributed by atoms with Crippen LogP contribution >= 0.6 is 0 Å². The summed E-state index contributed by atoms with van der Waals surface area (Å²) in [4.78, 5) is 41.2. The molecule has 4 rings (SSSR count). The molecule has 8 heteroatoms. The van der Waals surface area contributed by atoms with Crippen molar-refractivity contribution >= 4 is 17.8 Å². The van der Waals surface area contributed by atoms with Crippen LogP contribution in [0.1, 0.15) is 47.9 Å². The molecule has 8 nitrogen and oxygen atoms in total. The molecule has 3 atom stereocenters. The van der Waals surface area contributed by atoms with Crippen LogP contribution in [0, 0.1) is 5.92 Å². The fourth-order valence-corrected chi connectivity index (χ4v) is 5.56. The van der Waals surface area contributed by atoms with E-state index in [9.17, 15) is 19.5 Å². The molecule has 1 aliphatic heterocycles. The number of esters is 1. The third-order valence-electron chi connectivity index (χ3n) is 8.13. The van der Waals surface area contributed by atoms with Gasteiger partial charge in [0, 0.05) is 19.4 Å². The van der Waals surface area contributed by atoms with Crippen LogP contribution in [0.3, 0.4) is 0 Å². The normalized spacial score (nSPS) is 15.2. The highest BCUT2D eigenvalue weighted by Gasteiger charge is 2.32. The van der Waals surface area contributed by atoms with E-state index in [0.717, 1.165) is 28.0 Å². The van der Waals surface area contributed by atoms with E-state index >= 15 is 0 Å². The second-order valence-corrected chi connectivity index (χ2v) is 11.6. The molecule has 0 radical (unpaired) electrons. The molecule has 3 aromatic rings. The number of carbonyl (C=O) groups is 3. The van der Waals surface area contributed by atoms with E-state index in [1.54, 1.807) is 17.1 Å². The van der Waals surface area contributed by atoms with Gasteiger partial charge in [0.05, 0.1) is 24.6 Å². The largest absolute Gasteiger partial charge is 0.489 e. The van der Waals surface area contributed by atoms with Gasteiger partial charge in [-0.05, 0) is 60.1 Å². The lowest BCUT2D eigenvalue weighted by atomic mass is 9.92. The Balaban J connectivity index is 1.41. The van der Waals surface area contributed by atoms with Crippen LogP contribution in [0.25, 0.3) is 0 Å². The number of carbonyl (C=O) groups excluding carboxylic acids is 3. The van der Waals surface area contributed by atoms with Gasteiger partial charge in [-0.2, -0.15) is 0 Å². The summed E-state index contributed by atoms with van der Waals surface area (Å²) in [6.45, 7) is 8.12. The Kier molecular flexibility index (Phi) is 13.2. The fourth-order valence-electron chi connectivity index (χ4n) is 5.56. The van der Waals surface area contributed by atoms with E-state index < -0.39 is 12.0 Å². The number of aliphatic hydroxyl groups excluding tert-OH is 1. The van der Waals surface area contributed by atoms with Crippen molar-refractivity contribution in [3.05, 3.63) is 126 Å². The number of nitrogens with zero attached hydrogens (tertiary/aromatic N) is 1. The van der Waals surface area contributed by atoms with Crippen molar-refractivity contribution in [3.8, 4) is 5.75 Å². The quantitative estimate of drug-likeness (QED) is 0.155. The van der Waals surface area contributed by atoms with Crippen LogP contribution in [0.5, 0.6) is 5.75 Å². The van der Waals surface area contributed by atoms with E-state index in [-0.39, 0.29) is 49.9 Å². The number of fused-ring (bicyclic) bond motifs is 1. The number of nitrogens with one attached hydrogen (secondary N) is 1. The van der Waals surface area contributed by atoms with Crippen LogP contribution in [0.4, 0.5) is 0 Å². The first-order valence-corrected chi connectivity index (χ1v) is 15.8. The van der Waals surface area contributed by atoms with Crippen LogP contribution in [0.2, 0.25) is 0 Å². The predicted octanol–water partition coefficient (Wildman–Crippen LogP) is 5.33. The first-order valence-electron chi connectivity index (χ1n) is 15.8. The highest BCUT2D eigenvalue weighted by Crippen LogP contribution is 2.25. The standard InChI is InChI=1S/C38H44N2O6/c1-3-5-16-37(43)46-27-33(21-28-17-19-35(20-18-28)45-26-29-12-7-6-8-13-29)39-38(44)31(11-4-2)23-36(42)40-24-32-15-10-9-14-30(32)22-34(40)25-41/h3-4,6-10,12-15,17-20,31,33-34,41H,1-2,5,11,16,21-27H2,(H,39,44)/t31-,33+,34+/m1/s1. The Bertz CT molecular complexity index is 1460. The average Bonchev–Trinajstić information content (AvgIpc) is 3.08. The van der Waals surface area contributed by atoms with Crippen LogP contribution in [-0.2, 0) is 45.1 Å². The average molecular weight is 625 g/mol. The third-order valence-corrected chi connectivity index (χ3v) is 8.13. The summed E-state index contributed by atoms with van der Waals surface area (Å²) in [6.07, 6.45) is 5.22. The maximum atomic E-state index is 13.6. The zero-order chi connectivity index (χ0) is 32.7. The summed E-state index contributed by atoms with van der Waals surface area (Å²) >= 11 is 0. The van der Waals surface area contributed by atoms with Crippen LogP contribution in [-0.4, -0.2) is 53.1 Å². The topological polar surface area (TPSA) is 105 Å². The van der Waals surface area contributed by atoms with E-state index in [0.29, 0.717) is 38.8 Å². The Labute approximate surface area is 271 Å². The van der Waals surface area contributed by atoms with Gasteiger partial charge >= 0.3 is 5.97 Å². The molecule has 3 aromatic carbocycles. The Hall–Kier alpha value is -4.69. The zero-order valence-corrected chi connectivity index (χ0v) is 26.3. The molecule has 1 heterocycles. The number of rotatable bonds is 17. The second-order valence-electron chi connectivity index (χ2n) is 11.6. The Morgan fingerprint density at radius 2 is 1.65 bits per heavy atom. The molecule has 2 amide bonds. The second kappa shape index (κ2) is 17.7. The minimum absolute atomic E-state index is 0.0156. The van der Waals surface area contributed by atoms with Crippen molar-refractivity contribution in [2.75, 3.05) is 13.2 Å². The van der Waals surface area contributed by atoms with Gasteiger partial charge in [-0.1, -0.05) is 78.9 Å². The summed E-state index contributed by atoms with van der Waals surface area (Å²) in [7, 11) is 0. The SMILES string of the molecule is C=CCCC(=O)OC[C@H](Cc1ccc(OCc2ccccc2)cc1)NC(=O)[C@H](CC=C)CC(=O)N1Cc2ccccc2C[C@H]1CO. The van der Waals surface area contributed by atoms with E-state index in [1.165, 1.54) is 0 Å². The lowest BCUT2D eigenvalue weighted by Crippen LogP contribution is -2.48. The van der Waals surface area contributed by atoms with E-state index in [2.05, 4.69) is 18.5 Å². The van der Waals surface area contributed by atoms with Gasteiger partial charge in [-0.15, -0.1) is 13.2 Å². The zero-order valence-electron chi connectivity index (χ0n) is 26.3. The first-order chi connectivity index (χ1) is 22.4. The molecule has 2 N–H and O–H groups in total. The van der Waals surface area contributed by atoms with E-state index in [1.807, 2.05) is 78.9 Å². The third kappa shape index (κ3) is 10.2. The first kappa shape index (κ1) is 34.2. The summed E-state index contributed by atoms with van der Waals surface area (Å²) in [5.74, 6) is -0.846. The number of hydrogen-bond donors (Lipinski definition) is 2. The summed E-state index contributed by atoms with van der Waals surface area (Å²) in [5, 5.41) is 13.1. The minimum atomic E-state index is -0.672. The molecule has 1 aliphatic rings. The molecule has 0 aromatic heterocycles. The van der Waals surface area contributed by atoms with Crippen molar-refractivity contribution in [1.82, 2.24) is 10.2 Å². The fraction of sp³-hybridized carbons (Fsp3) is 0.342. The van der Waals surface area contributed by atoms with Crippen LogP contribution < -0.4 is 10.1 Å². The van der Waals surface area contributed by atoms with Crippen molar-refractivity contribution in [2.24, 2.45) is 5.92 Å². The number of allylic oxidation sites excluding steroid dienone is 2. The number of amides is 2. The van der Waals surface area contributed by atoms with Gasteiger partial charge in [-0.3, -0.25) is 14.4 Å². The lowest BCUT2D eigenvalue weighted by molar-refractivity contribution is -0.145. The van der Waals surface area contributed by atoms with Gasteiger partial charge in [0.1, 0.15) is 19.0 Å². The highest BCUT2D eigenvalue weighted by atomic mass is 16.5. The van der Waals surface area contributed by atoms with Gasteiger partial charge in [0.2, 0.25) is 11.8 Å². The Morgan fingerprint density at radius 1 is 0.935 bits per heavy atom. The monoisotopic (exact) mass is 624 g/mol. The Morgan fingerprint density at radius 3 is 2.35 bits per heavy atom. The number of benzene rings is 3. The number of aliphatic hydroxyl groups is 1. The van der Waals surface area contributed by atoms with E-state index in [4.69, 9.17) is 9.47 Å². The number of ether oxygens (including phenoxy) is 2. The molecular weight excluding hydrogens is 580 g/mol.